The average molecular weight is 151 g/mol. The first-order valence-electron chi connectivity index (χ1n) is 3.86. The second kappa shape index (κ2) is 5.93. The van der Waals surface area contributed by atoms with E-state index in [0.29, 0.717) is 6.04 Å². The second-order valence-electron chi connectivity index (χ2n) is 2.58. The molecule has 62 valence electrons. The molecule has 1 atom stereocenters. The van der Waals surface area contributed by atoms with Crippen molar-refractivity contribution >= 4 is 0 Å². The summed E-state index contributed by atoms with van der Waals surface area (Å²) in [7, 11) is 1.96. The first-order valence-corrected chi connectivity index (χ1v) is 3.86. The van der Waals surface area contributed by atoms with Crippen LogP contribution in [0.3, 0.4) is 0 Å². The first-order chi connectivity index (χ1) is 5.24. The van der Waals surface area contributed by atoms with Crippen LogP contribution in [0.15, 0.2) is 37.0 Å². The molecule has 11 heavy (non-hydrogen) atoms. The minimum Gasteiger partial charge on any atom is -0.317 e. The van der Waals surface area contributed by atoms with Crippen LogP contribution in [0.1, 0.15) is 13.3 Å². The van der Waals surface area contributed by atoms with Crippen molar-refractivity contribution in [3.63, 3.8) is 0 Å². The van der Waals surface area contributed by atoms with Crippen molar-refractivity contribution in [1.29, 1.82) is 0 Å². The Morgan fingerprint density at radius 1 is 1.55 bits per heavy atom. The van der Waals surface area contributed by atoms with E-state index < -0.39 is 0 Å². The van der Waals surface area contributed by atoms with E-state index in [1.165, 1.54) is 5.57 Å². The monoisotopic (exact) mass is 151 g/mol. The Morgan fingerprint density at radius 2 is 2.18 bits per heavy atom. The van der Waals surface area contributed by atoms with Gasteiger partial charge in [0.1, 0.15) is 0 Å². The van der Waals surface area contributed by atoms with Gasteiger partial charge in [-0.3, -0.25) is 0 Å². The standard InChI is InChI=1S/C10H17N/c1-5-7-10(6-2)8-9(3)11-4/h5-7,9,11H,1-2,8H2,3-4H3/b10-7+. The molecule has 0 aliphatic heterocycles. The highest BCUT2D eigenvalue weighted by atomic mass is 14.8. The summed E-state index contributed by atoms with van der Waals surface area (Å²) in [5.41, 5.74) is 1.22. The van der Waals surface area contributed by atoms with Crippen molar-refractivity contribution in [2.45, 2.75) is 19.4 Å². The van der Waals surface area contributed by atoms with Crippen molar-refractivity contribution in [2.75, 3.05) is 7.05 Å². The van der Waals surface area contributed by atoms with E-state index in [4.69, 9.17) is 0 Å². The van der Waals surface area contributed by atoms with Crippen LogP contribution in [-0.2, 0) is 0 Å². The van der Waals surface area contributed by atoms with Crippen LogP contribution >= 0.6 is 0 Å². The highest BCUT2D eigenvalue weighted by Crippen LogP contribution is 2.05. The van der Waals surface area contributed by atoms with Gasteiger partial charge in [-0.15, -0.1) is 0 Å². The summed E-state index contributed by atoms with van der Waals surface area (Å²) in [5, 5.41) is 3.17. The maximum atomic E-state index is 3.72. The summed E-state index contributed by atoms with van der Waals surface area (Å²) in [6.07, 6.45) is 6.65. The first kappa shape index (κ1) is 10.2. The fourth-order valence-electron chi connectivity index (χ4n) is 0.826. The van der Waals surface area contributed by atoms with Crippen LogP contribution < -0.4 is 5.32 Å². The van der Waals surface area contributed by atoms with Crippen molar-refractivity contribution in [1.82, 2.24) is 5.32 Å². The zero-order valence-electron chi connectivity index (χ0n) is 7.43. The predicted molar refractivity (Wildman–Crippen MR) is 51.6 cm³/mol. The third-order valence-electron chi connectivity index (χ3n) is 1.63. The third kappa shape index (κ3) is 4.57. The highest BCUT2D eigenvalue weighted by molar-refractivity contribution is 5.21. The van der Waals surface area contributed by atoms with E-state index in [1.807, 2.05) is 19.2 Å². The smallest absolute Gasteiger partial charge is 0.00761 e. The molecule has 0 saturated heterocycles. The fraction of sp³-hybridized carbons (Fsp3) is 0.400. The highest BCUT2D eigenvalue weighted by Gasteiger charge is 1.98. The Labute approximate surface area is 69.5 Å². The Bertz CT molecular complexity index is 156. The second-order valence-corrected chi connectivity index (χ2v) is 2.58. The summed E-state index contributed by atoms with van der Waals surface area (Å²) in [5.74, 6) is 0. The number of rotatable bonds is 5. The molecular formula is C10H17N. The molecule has 0 radical (unpaired) electrons. The Morgan fingerprint density at radius 3 is 2.55 bits per heavy atom. The largest absolute Gasteiger partial charge is 0.317 e. The molecule has 0 amide bonds. The molecule has 0 aromatic heterocycles. The van der Waals surface area contributed by atoms with E-state index >= 15 is 0 Å². The maximum absolute atomic E-state index is 3.72. The molecule has 1 heteroatoms. The molecule has 0 spiro atoms. The van der Waals surface area contributed by atoms with E-state index in [1.54, 1.807) is 6.08 Å². The average Bonchev–Trinajstić information content (AvgIpc) is 2.03. The molecular weight excluding hydrogens is 134 g/mol. The van der Waals surface area contributed by atoms with Crippen LogP contribution in [0, 0.1) is 0 Å². The van der Waals surface area contributed by atoms with Gasteiger partial charge >= 0.3 is 0 Å². The molecule has 0 aromatic rings. The normalized spacial score (nSPS) is 14.2. The number of allylic oxidation sites excluding steroid dienone is 3. The number of hydrogen-bond acceptors (Lipinski definition) is 1. The Balaban J connectivity index is 3.97. The van der Waals surface area contributed by atoms with Crippen LogP contribution in [0.25, 0.3) is 0 Å². The lowest BCUT2D eigenvalue weighted by atomic mass is 10.1. The lowest BCUT2D eigenvalue weighted by Crippen LogP contribution is -2.21. The van der Waals surface area contributed by atoms with Crippen LogP contribution in [-0.4, -0.2) is 13.1 Å². The van der Waals surface area contributed by atoms with E-state index in [2.05, 4.69) is 25.4 Å². The van der Waals surface area contributed by atoms with Gasteiger partial charge in [-0.05, 0) is 26.0 Å². The van der Waals surface area contributed by atoms with Crippen molar-refractivity contribution in [2.24, 2.45) is 0 Å². The maximum Gasteiger partial charge on any atom is 0.00761 e. The summed E-state index contributed by atoms with van der Waals surface area (Å²) >= 11 is 0. The third-order valence-corrected chi connectivity index (χ3v) is 1.63. The summed E-state index contributed by atoms with van der Waals surface area (Å²) < 4.78 is 0. The zero-order chi connectivity index (χ0) is 8.69. The van der Waals surface area contributed by atoms with Gasteiger partial charge in [0.05, 0.1) is 0 Å². The molecule has 0 heterocycles. The zero-order valence-corrected chi connectivity index (χ0v) is 7.43. The van der Waals surface area contributed by atoms with E-state index in [-0.39, 0.29) is 0 Å². The van der Waals surface area contributed by atoms with Crippen LogP contribution in [0.5, 0.6) is 0 Å². The van der Waals surface area contributed by atoms with Crippen LogP contribution in [0.4, 0.5) is 0 Å². The molecule has 1 N–H and O–H groups in total. The van der Waals surface area contributed by atoms with E-state index in [0.717, 1.165) is 6.42 Å². The topological polar surface area (TPSA) is 12.0 Å². The summed E-state index contributed by atoms with van der Waals surface area (Å²) in [4.78, 5) is 0. The molecule has 0 rings (SSSR count). The molecule has 0 aromatic carbocycles. The molecule has 0 aliphatic carbocycles. The van der Waals surface area contributed by atoms with Gasteiger partial charge in [-0.25, -0.2) is 0 Å². The van der Waals surface area contributed by atoms with Gasteiger partial charge in [0, 0.05) is 6.04 Å². The minimum atomic E-state index is 0.499. The molecule has 0 bridgehead atoms. The molecule has 1 unspecified atom stereocenters. The van der Waals surface area contributed by atoms with Gasteiger partial charge in [0.25, 0.3) is 0 Å². The Kier molecular flexibility index (Phi) is 5.49. The predicted octanol–water partition coefficient (Wildman–Crippen LogP) is 2.28. The van der Waals surface area contributed by atoms with Crippen molar-refractivity contribution in [3.8, 4) is 0 Å². The minimum absolute atomic E-state index is 0.499. The molecule has 0 fully saturated rings. The van der Waals surface area contributed by atoms with E-state index in [9.17, 15) is 0 Å². The van der Waals surface area contributed by atoms with Gasteiger partial charge in [-0.1, -0.05) is 31.4 Å². The lowest BCUT2D eigenvalue weighted by Gasteiger charge is -2.09. The lowest BCUT2D eigenvalue weighted by molar-refractivity contribution is 0.610. The summed E-state index contributed by atoms with van der Waals surface area (Å²) in [6, 6.07) is 0.499. The van der Waals surface area contributed by atoms with Gasteiger partial charge in [0.2, 0.25) is 0 Å². The van der Waals surface area contributed by atoms with Gasteiger partial charge < -0.3 is 5.32 Å². The van der Waals surface area contributed by atoms with Crippen molar-refractivity contribution in [3.05, 3.63) is 37.0 Å². The SMILES string of the molecule is C=C/C=C(\C=C)CC(C)NC. The van der Waals surface area contributed by atoms with Crippen LogP contribution in [0.2, 0.25) is 0 Å². The molecule has 0 saturated carbocycles. The van der Waals surface area contributed by atoms with Gasteiger partial charge in [0.15, 0.2) is 0 Å². The number of nitrogens with one attached hydrogen (secondary N) is 1. The fourth-order valence-corrected chi connectivity index (χ4v) is 0.826. The number of hydrogen-bond donors (Lipinski definition) is 1. The Hall–Kier alpha value is -0.820. The van der Waals surface area contributed by atoms with Crippen molar-refractivity contribution < 1.29 is 0 Å². The quantitative estimate of drug-likeness (QED) is 0.594. The van der Waals surface area contributed by atoms with Gasteiger partial charge in [-0.2, -0.15) is 0 Å². The molecule has 1 nitrogen and oxygen atoms in total. The summed E-state index contributed by atoms with van der Waals surface area (Å²) in [6.45, 7) is 9.50. The molecule has 0 aliphatic rings.